The zero-order valence-electron chi connectivity index (χ0n) is 27.8. The molecule has 2 N–H and O–H groups in total. The van der Waals surface area contributed by atoms with E-state index in [4.69, 9.17) is 9.47 Å². The number of carbonyl (C=O) groups excluding carboxylic acids is 2. The molecule has 0 heterocycles. The van der Waals surface area contributed by atoms with Crippen LogP contribution < -0.4 is 0 Å². The smallest absolute Gasteiger partial charge is 0.338 e. The molecule has 0 aromatic heterocycles. The number of phenols is 2. The number of halogens is 1. The van der Waals surface area contributed by atoms with E-state index in [2.05, 4.69) is 0 Å². The van der Waals surface area contributed by atoms with Gasteiger partial charge in [0.15, 0.2) is 0 Å². The lowest BCUT2D eigenvalue weighted by atomic mass is 9.78. The van der Waals surface area contributed by atoms with Gasteiger partial charge < -0.3 is 28.2 Å². The first-order valence-corrected chi connectivity index (χ1v) is 16.7. The first kappa shape index (κ1) is 36.7. The molecule has 2 aromatic rings. The molecule has 240 valence electrons. The first-order chi connectivity index (χ1) is 19.4. The van der Waals surface area contributed by atoms with Gasteiger partial charge in [-0.25, -0.2) is 9.59 Å². The van der Waals surface area contributed by atoms with Gasteiger partial charge >= 0.3 is 11.9 Å². The van der Waals surface area contributed by atoms with Gasteiger partial charge in [-0.15, -0.1) is 0 Å². The molecule has 0 fully saturated rings. The van der Waals surface area contributed by atoms with Gasteiger partial charge in [0.25, 0.3) is 0 Å². The van der Waals surface area contributed by atoms with Crippen molar-refractivity contribution in [3.05, 3.63) is 62.9 Å². The van der Waals surface area contributed by atoms with E-state index in [1.165, 1.54) is 0 Å². The highest BCUT2D eigenvalue weighted by atomic mass is 127. The minimum atomic E-state index is -1.12. The van der Waals surface area contributed by atoms with Crippen LogP contribution in [0.3, 0.4) is 0 Å². The Balaban J connectivity index is 2.02. The Morgan fingerprint density at radius 1 is 0.698 bits per heavy atom. The van der Waals surface area contributed by atoms with Gasteiger partial charge in [-0.3, -0.25) is 0 Å². The molecule has 0 bridgehead atoms. The number of esters is 2. The fraction of sp³-hybridized carbons (Fsp3) is 0.559. The molecule has 2 rings (SSSR count). The number of hydrogen-bond acceptors (Lipinski definition) is 8. The Bertz CT molecular complexity index is 1280. The molecule has 0 aliphatic carbocycles. The highest BCUT2D eigenvalue weighted by Crippen LogP contribution is 2.41. The number of hydroxylamine groups is 1. The number of rotatable bonds is 8. The highest BCUT2D eigenvalue weighted by molar-refractivity contribution is 14.2. The molecule has 2 aromatic carbocycles. The second kappa shape index (κ2) is 13.6. The van der Waals surface area contributed by atoms with Crippen LogP contribution in [0.5, 0.6) is 11.5 Å². The summed E-state index contributed by atoms with van der Waals surface area (Å²) in [4.78, 5) is 25.7. The molecule has 0 aliphatic rings. The number of carbonyl (C=O) groups is 2. The Morgan fingerprint density at radius 2 is 1.02 bits per heavy atom. The van der Waals surface area contributed by atoms with Crippen LogP contribution in [0.1, 0.15) is 126 Å². The van der Waals surface area contributed by atoms with E-state index in [-0.39, 0.29) is 52.9 Å². The highest BCUT2D eigenvalue weighted by Gasteiger charge is 2.29. The lowest BCUT2D eigenvalue weighted by molar-refractivity contribution is 0.0500. The summed E-state index contributed by atoms with van der Waals surface area (Å²) in [5.74, 6) is -0.719. The lowest BCUT2D eigenvalue weighted by Gasteiger charge is -2.28. The van der Waals surface area contributed by atoms with Gasteiger partial charge in [0, 0.05) is 28.8 Å². The molecule has 0 spiro atoms. The molecule has 0 aliphatic heterocycles. The van der Waals surface area contributed by atoms with Crippen molar-refractivity contribution < 1.29 is 29.3 Å². The van der Waals surface area contributed by atoms with Crippen molar-refractivity contribution in [2.24, 2.45) is 0 Å². The number of benzene rings is 2. The molecule has 9 heteroatoms. The van der Waals surface area contributed by atoms with Crippen molar-refractivity contribution in [1.29, 1.82) is 0 Å². The van der Waals surface area contributed by atoms with Crippen LogP contribution in [0, 0.1) is 5.21 Å². The normalized spacial score (nSPS) is 13.3. The molecule has 0 radical (unpaired) electrons. The average molecular weight is 711 g/mol. The zero-order chi connectivity index (χ0) is 33.1. The average Bonchev–Trinajstić information content (AvgIpc) is 2.83. The van der Waals surface area contributed by atoms with Gasteiger partial charge in [0.05, 0.1) is 11.1 Å². The van der Waals surface area contributed by atoms with E-state index in [9.17, 15) is 25.0 Å². The van der Waals surface area contributed by atoms with E-state index < -0.39 is 32.9 Å². The molecular formula is C34H49INO7-. The van der Waals surface area contributed by atoms with Crippen LogP contribution in [0.25, 0.3) is 0 Å². The Labute approximate surface area is 267 Å². The Morgan fingerprint density at radius 3 is 1.35 bits per heavy atom. The third-order valence-corrected chi connectivity index (χ3v) is 8.74. The summed E-state index contributed by atoms with van der Waals surface area (Å²) in [5.41, 5.74) is 1.80. The summed E-state index contributed by atoms with van der Waals surface area (Å²) in [5, 5.41) is 34.1. The fourth-order valence-electron chi connectivity index (χ4n) is 4.43. The number of ether oxygens (including phenoxy) is 2. The minimum absolute atomic E-state index is 0.0122. The SMILES string of the molecule is CC(C)(C)c1cc(C(=O)OCC=IN([O-])CCOC(=O)c2cc(C(C)(C)C)c(O)c(C(C)(C)C)c2)cc(C(C)(C)C)c1O. The van der Waals surface area contributed by atoms with Crippen molar-refractivity contribution >= 4 is 37.0 Å². The van der Waals surface area contributed by atoms with Crippen LogP contribution in [0.2, 0.25) is 0 Å². The van der Waals surface area contributed by atoms with Gasteiger partial charge in [-0.05, 0) is 70.9 Å². The molecule has 0 atom stereocenters. The Kier molecular flexibility index (Phi) is 11.6. The van der Waals surface area contributed by atoms with Crippen molar-refractivity contribution in [2.45, 2.75) is 105 Å². The van der Waals surface area contributed by atoms with E-state index >= 15 is 0 Å². The third kappa shape index (κ3) is 10.0. The number of hydrogen-bond donors (Lipinski definition) is 2. The van der Waals surface area contributed by atoms with Crippen molar-refractivity contribution in [1.82, 2.24) is 3.28 Å². The van der Waals surface area contributed by atoms with E-state index in [0.717, 1.165) is 3.28 Å². The summed E-state index contributed by atoms with van der Waals surface area (Å²) in [6.07, 6.45) is 0. The standard InChI is InChI=1S/C34H49INO7/c1-31(2,3)23-17-21(18-24(27(23)37)32(4,5)6)29(39)42-15-13-35-36(41)14-16-43-30(40)22-19-25(33(7,8)9)28(38)26(20-22)34(10,11)12/h13,17-20,37-38H,14-16H2,1-12H3/q-1. The van der Waals surface area contributed by atoms with Gasteiger partial charge in [0.1, 0.15) is 24.7 Å². The van der Waals surface area contributed by atoms with Crippen LogP contribution in [-0.4, -0.2) is 49.2 Å². The minimum Gasteiger partial charge on any atom is -0.777 e. The van der Waals surface area contributed by atoms with Crippen molar-refractivity contribution in [3.8, 4) is 11.5 Å². The van der Waals surface area contributed by atoms with Gasteiger partial charge in [-0.1, -0.05) is 83.1 Å². The van der Waals surface area contributed by atoms with Gasteiger partial charge in [-0.2, -0.15) is 0 Å². The topological polar surface area (TPSA) is 119 Å². The molecule has 0 unspecified atom stereocenters. The monoisotopic (exact) mass is 710 g/mol. The lowest BCUT2D eigenvalue weighted by Crippen LogP contribution is -2.20. The van der Waals surface area contributed by atoms with Crippen molar-refractivity contribution in [3.63, 3.8) is 0 Å². The maximum Gasteiger partial charge on any atom is 0.338 e. The van der Waals surface area contributed by atoms with E-state index in [1.54, 1.807) is 28.3 Å². The summed E-state index contributed by atoms with van der Waals surface area (Å²) in [7, 11) is 0. The van der Waals surface area contributed by atoms with Crippen LogP contribution in [-0.2, 0) is 31.1 Å². The van der Waals surface area contributed by atoms with E-state index in [1.807, 2.05) is 83.1 Å². The molecule has 0 amide bonds. The third-order valence-electron chi connectivity index (χ3n) is 6.88. The summed E-state index contributed by atoms with van der Waals surface area (Å²) < 4.78 is 13.3. The van der Waals surface area contributed by atoms with Crippen LogP contribution >= 0.6 is 21.0 Å². The number of nitrogens with zero attached hydrogens (tertiary/aromatic N) is 1. The maximum absolute atomic E-state index is 12.9. The number of phenolic OH excluding ortho intramolecular Hbond substituents is 2. The largest absolute Gasteiger partial charge is 0.777 e. The van der Waals surface area contributed by atoms with E-state index in [0.29, 0.717) is 33.4 Å². The molecule has 0 saturated carbocycles. The predicted molar refractivity (Wildman–Crippen MR) is 182 cm³/mol. The summed E-state index contributed by atoms with van der Waals surface area (Å²) in [6, 6.07) is 6.64. The first-order valence-electron chi connectivity index (χ1n) is 14.4. The second-order valence-electron chi connectivity index (χ2n) is 14.9. The molecule has 43 heavy (non-hydrogen) atoms. The molecule has 0 saturated heterocycles. The summed E-state index contributed by atoms with van der Waals surface area (Å²) in [6.45, 7) is 23.5. The van der Waals surface area contributed by atoms with Crippen LogP contribution in [0.15, 0.2) is 24.3 Å². The quantitative estimate of drug-likeness (QED) is 0.123. The predicted octanol–water partition coefficient (Wildman–Crippen LogP) is 7.79. The maximum atomic E-state index is 12.9. The zero-order valence-corrected chi connectivity index (χ0v) is 29.9. The van der Waals surface area contributed by atoms with Crippen molar-refractivity contribution in [2.75, 3.05) is 19.8 Å². The second-order valence-corrected chi connectivity index (χ2v) is 17.4. The fourth-order valence-corrected chi connectivity index (χ4v) is 5.68. The van der Waals surface area contributed by atoms with Crippen LogP contribution in [0.4, 0.5) is 0 Å². The number of aromatic hydroxyl groups is 2. The summed E-state index contributed by atoms with van der Waals surface area (Å²) >= 11 is -1.12. The van der Waals surface area contributed by atoms with Gasteiger partial charge in [0.2, 0.25) is 0 Å². The Hall–Kier alpha value is -2.50. The molecular weight excluding hydrogens is 661 g/mol. The molecule has 8 nitrogen and oxygen atoms in total.